The van der Waals surface area contributed by atoms with Crippen LogP contribution in [0.2, 0.25) is 0 Å². The number of aromatic nitrogens is 4. The number of hydrogen-bond donors (Lipinski definition) is 0. The summed E-state index contributed by atoms with van der Waals surface area (Å²) >= 11 is 4.92. The number of hydrogen-bond acceptors (Lipinski definition) is 5. The Bertz CT molecular complexity index is 1140. The summed E-state index contributed by atoms with van der Waals surface area (Å²) in [5.74, 6) is -0.333. The highest BCUT2D eigenvalue weighted by Gasteiger charge is 2.20. The van der Waals surface area contributed by atoms with Gasteiger partial charge >= 0.3 is 5.69 Å². The van der Waals surface area contributed by atoms with Crippen LogP contribution in [-0.4, -0.2) is 36.0 Å². The van der Waals surface area contributed by atoms with Crippen molar-refractivity contribution in [1.29, 1.82) is 0 Å². The SMILES string of the molecule is C=CCN(Cc1ccc(Br)s1)C(=O)Cn1c(=O)c2c(ncn2C)n(C)c1=O. The van der Waals surface area contributed by atoms with Gasteiger partial charge in [-0.1, -0.05) is 6.08 Å². The molecule has 0 fully saturated rings. The Hall–Kier alpha value is -2.46. The van der Waals surface area contributed by atoms with Crippen molar-refractivity contribution in [2.45, 2.75) is 13.1 Å². The molecule has 0 radical (unpaired) electrons. The van der Waals surface area contributed by atoms with Gasteiger partial charge < -0.3 is 9.47 Å². The first-order chi connectivity index (χ1) is 12.8. The van der Waals surface area contributed by atoms with Crippen LogP contribution in [0.15, 0.2) is 44.5 Å². The number of carbonyl (C=O) groups is 1. The summed E-state index contributed by atoms with van der Waals surface area (Å²) in [6.07, 6.45) is 3.09. The van der Waals surface area contributed by atoms with E-state index in [4.69, 9.17) is 0 Å². The Morgan fingerprint density at radius 2 is 2.11 bits per heavy atom. The van der Waals surface area contributed by atoms with Gasteiger partial charge in [0, 0.05) is 25.5 Å². The first-order valence-corrected chi connectivity index (χ1v) is 9.68. The van der Waals surface area contributed by atoms with E-state index in [1.165, 1.54) is 29.3 Å². The molecule has 0 N–H and O–H groups in total. The molecule has 0 saturated heterocycles. The maximum Gasteiger partial charge on any atom is 0.332 e. The summed E-state index contributed by atoms with van der Waals surface area (Å²) in [7, 11) is 3.20. The lowest BCUT2D eigenvalue weighted by atomic mass is 10.3. The predicted molar refractivity (Wildman–Crippen MR) is 108 cm³/mol. The molecule has 142 valence electrons. The number of thiophene rings is 1. The highest BCUT2D eigenvalue weighted by Crippen LogP contribution is 2.23. The molecule has 3 heterocycles. The van der Waals surface area contributed by atoms with Crippen molar-refractivity contribution in [3.63, 3.8) is 0 Å². The van der Waals surface area contributed by atoms with Gasteiger partial charge in [0.05, 0.1) is 16.7 Å². The van der Waals surface area contributed by atoms with E-state index < -0.39 is 11.2 Å². The Morgan fingerprint density at radius 3 is 2.74 bits per heavy atom. The molecule has 10 heteroatoms. The fourth-order valence-corrected chi connectivity index (χ4v) is 4.31. The Morgan fingerprint density at radius 1 is 1.37 bits per heavy atom. The average molecular weight is 452 g/mol. The molecular formula is C17H18BrN5O3S. The molecule has 0 bridgehead atoms. The van der Waals surface area contributed by atoms with Crippen molar-refractivity contribution in [1.82, 2.24) is 23.6 Å². The van der Waals surface area contributed by atoms with E-state index in [9.17, 15) is 14.4 Å². The highest BCUT2D eigenvalue weighted by atomic mass is 79.9. The molecule has 27 heavy (non-hydrogen) atoms. The topological polar surface area (TPSA) is 82.1 Å². The number of fused-ring (bicyclic) bond motifs is 1. The zero-order valence-electron chi connectivity index (χ0n) is 14.9. The largest absolute Gasteiger partial charge is 0.332 e. The van der Waals surface area contributed by atoms with Gasteiger partial charge in [0.2, 0.25) is 5.91 Å². The molecule has 1 amide bonds. The monoisotopic (exact) mass is 451 g/mol. The van der Waals surface area contributed by atoms with Crippen molar-refractivity contribution in [2.75, 3.05) is 6.54 Å². The number of amides is 1. The van der Waals surface area contributed by atoms with Gasteiger partial charge in [-0.15, -0.1) is 17.9 Å². The third-order valence-corrected chi connectivity index (χ3v) is 5.78. The molecule has 0 aliphatic rings. The molecule has 0 unspecified atom stereocenters. The van der Waals surface area contributed by atoms with Crippen LogP contribution in [0, 0.1) is 0 Å². The number of aryl methyl sites for hydroxylation is 2. The maximum atomic E-state index is 12.8. The van der Waals surface area contributed by atoms with Gasteiger partial charge in [-0.05, 0) is 28.1 Å². The lowest BCUT2D eigenvalue weighted by Gasteiger charge is -2.21. The summed E-state index contributed by atoms with van der Waals surface area (Å²) in [5, 5.41) is 0. The number of imidazole rings is 1. The fourth-order valence-electron chi connectivity index (χ4n) is 2.81. The minimum Gasteiger partial charge on any atom is -0.332 e. The molecule has 0 aliphatic carbocycles. The smallest absolute Gasteiger partial charge is 0.332 e. The first-order valence-electron chi connectivity index (χ1n) is 8.07. The zero-order chi connectivity index (χ0) is 19.7. The normalized spacial score (nSPS) is 11.1. The second kappa shape index (κ2) is 7.65. The molecule has 0 spiro atoms. The number of nitrogens with zero attached hydrogens (tertiary/aromatic N) is 5. The lowest BCUT2D eigenvalue weighted by Crippen LogP contribution is -2.44. The van der Waals surface area contributed by atoms with Gasteiger partial charge in [-0.2, -0.15) is 0 Å². The highest BCUT2D eigenvalue weighted by molar-refractivity contribution is 9.11. The van der Waals surface area contributed by atoms with Gasteiger partial charge in [0.1, 0.15) is 6.54 Å². The van der Waals surface area contributed by atoms with Crippen LogP contribution in [0.3, 0.4) is 0 Å². The minimum atomic E-state index is -0.572. The lowest BCUT2D eigenvalue weighted by molar-refractivity contribution is -0.132. The zero-order valence-corrected chi connectivity index (χ0v) is 17.3. The third-order valence-electron chi connectivity index (χ3n) is 4.17. The van der Waals surface area contributed by atoms with Crippen LogP contribution in [0.5, 0.6) is 0 Å². The van der Waals surface area contributed by atoms with Gasteiger partial charge in [0.15, 0.2) is 11.2 Å². The second-order valence-corrected chi connectivity index (χ2v) is 8.58. The minimum absolute atomic E-state index is 0.280. The van der Waals surface area contributed by atoms with Crippen LogP contribution < -0.4 is 11.2 Å². The average Bonchev–Trinajstić information content (AvgIpc) is 3.22. The van der Waals surface area contributed by atoms with Crippen molar-refractivity contribution in [3.8, 4) is 0 Å². The summed E-state index contributed by atoms with van der Waals surface area (Å²) < 4.78 is 4.74. The molecule has 3 aromatic rings. The molecule has 8 nitrogen and oxygen atoms in total. The van der Waals surface area contributed by atoms with Crippen LogP contribution >= 0.6 is 27.3 Å². The van der Waals surface area contributed by atoms with Gasteiger partial charge in [0.25, 0.3) is 5.56 Å². The predicted octanol–water partition coefficient (Wildman–Crippen LogP) is 1.47. The molecule has 0 aliphatic heterocycles. The van der Waals surface area contributed by atoms with Gasteiger partial charge in [-0.25, -0.2) is 14.3 Å². The third kappa shape index (κ3) is 3.67. The van der Waals surface area contributed by atoms with Crippen LogP contribution in [0.1, 0.15) is 4.88 Å². The number of halogens is 1. The van der Waals surface area contributed by atoms with Gasteiger partial charge in [-0.3, -0.25) is 14.2 Å². The maximum absolute atomic E-state index is 12.8. The van der Waals surface area contributed by atoms with Crippen molar-refractivity contribution in [2.24, 2.45) is 14.1 Å². The molecule has 0 atom stereocenters. The standard InChI is InChI=1S/C17H18BrN5O3S/c1-4-7-22(8-11-5-6-12(18)27-11)13(24)9-23-16(25)14-15(19-10-20(14)2)21(3)17(23)26/h4-6,10H,1,7-9H2,2-3H3. The molecule has 0 aromatic carbocycles. The van der Waals surface area contributed by atoms with Crippen LogP contribution in [-0.2, 0) is 32.0 Å². The summed E-state index contributed by atoms with van der Waals surface area (Å²) in [4.78, 5) is 44.8. The van der Waals surface area contributed by atoms with Crippen molar-refractivity contribution in [3.05, 3.63) is 60.6 Å². The Labute approximate surface area is 167 Å². The van der Waals surface area contributed by atoms with E-state index in [1.807, 2.05) is 12.1 Å². The summed E-state index contributed by atoms with van der Waals surface area (Å²) in [5.41, 5.74) is -0.527. The molecular weight excluding hydrogens is 434 g/mol. The Kier molecular flexibility index (Phi) is 5.47. The summed E-state index contributed by atoms with van der Waals surface area (Å²) in [6.45, 7) is 4.04. The van der Waals surface area contributed by atoms with Crippen LogP contribution in [0.25, 0.3) is 11.2 Å². The molecule has 0 saturated carbocycles. The van der Waals surface area contributed by atoms with E-state index in [1.54, 1.807) is 22.6 Å². The van der Waals surface area contributed by atoms with E-state index in [0.717, 1.165) is 13.2 Å². The quantitative estimate of drug-likeness (QED) is 0.531. The van der Waals surface area contributed by atoms with E-state index in [-0.39, 0.29) is 18.0 Å². The fraction of sp³-hybridized carbons (Fsp3) is 0.294. The first kappa shape index (κ1) is 19.3. The molecule has 3 aromatic heterocycles. The number of carbonyl (C=O) groups excluding carboxylic acids is 1. The molecule has 3 rings (SSSR count). The van der Waals surface area contributed by atoms with E-state index in [2.05, 4.69) is 27.5 Å². The number of rotatable bonds is 6. The van der Waals surface area contributed by atoms with Crippen molar-refractivity contribution >= 4 is 44.3 Å². The summed E-state index contributed by atoms with van der Waals surface area (Å²) in [6, 6.07) is 3.83. The van der Waals surface area contributed by atoms with Crippen molar-refractivity contribution < 1.29 is 4.79 Å². The van der Waals surface area contributed by atoms with Crippen LogP contribution in [0.4, 0.5) is 0 Å². The van der Waals surface area contributed by atoms with E-state index in [0.29, 0.717) is 18.7 Å². The second-order valence-electron chi connectivity index (χ2n) is 6.03. The van der Waals surface area contributed by atoms with E-state index >= 15 is 0 Å². The Balaban J connectivity index is 1.96.